The number of hydrogen-bond acceptors (Lipinski definition) is 4. The summed E-state index contributed by atoms with van der Waals surface area (Å²) in [6.07, 6.45) is -0.285. The van der Waals surface area contributed by atoms with Crippen molar-refractivity contribution >= 4 is 17.8 Å². The second-order valence-corrected chi connectivity index (χ2v) is 5.44. The van der Waals surface area contributed by atoms with Gasteiger partial charge in [-0.05, 0) is 41.0 Å². The second-order valence-electron chi connectivity index (χ2n) is 5.44. The molecule has 1 rings (SSSR count). The minimum absolute atomic E-state index is 0.201. The van der Waals surface area contributed by atoms with Gasteiger partial charge in [0.25, 0.3) is 0 Å². The highest BCUT2D eigenvalue weighted by Crippen LogP contribution is 2.27. The number of amides is 2. The normalized spacial score (nSPS) is 25.0. The van der Waals surface area contributed by atoms with Gasteiger partial charge in [0.2, 0.25) is 5.91 Å². The summed E-state index contributed by atoms with van der Waals surface area (Å²) < 4.78 is 5.15. The lowest BCUT2D eigenvalue weighted by molar-refractivity contribution is -0.135. The molecule has 0 aromatic heterocycles. The Morgan fingerprint density at radius 3 is 2.24 bits per heavy atom. The summed E-state index contributed by atoms with van der Waals surface area (Å²) in [5.74, 6) is -1.34. The van der Waals surface area contributed by atoms with Gasteiger partial charge in [-0.15, -0.1) is 0 Å². The van der Waals surface area contributed by atoms with E-state index in [1.165, 1.54) is 6.92 Å². The smallest absolute Gasteiger partial charge is 0.417 e. The Morgan fingerprint density at radius 2 is 1.88 bits per heavy atom. The van der Waals surface area contributed by atoms with Gasteiger partial charge in [0.15, 0.2) is 0 Å². The first-order valence-corrected chi connectivity index (χ1v) is 5.70. The molecule has 2 atom stereocenters. The van der Waals surface area contributed by atoms with Crippen molar-refractivity contribution in [2.75, 3.05) is 0 Å². The third kappa shape index (κ3) is 3.05. The van der Waals surface area contributed by atoms with Crippen LogP contribution in [-0.2, 0) is 14.3 Å². The van der Waals surface area contributed by atoms with Gasteiger partial charge in [-0.3, -0.25) is 9.59 Å². The first-order valence-electron chi connectivity index (χ1n) is 5.70. The zero-order valence-electron chi connectivity index (χ0n) is 10.9. The molecular formula is C12H19NO4. The second kappa shape index (κ2) is 4.47. The van der Waals surface area contributed by atoms with Crippen LogP contribution >= 0.6 is 0 Å². The van der Waals surface area contributed by atoms with E-state index < -0.39 is 23.5 Å². The predicted octanol–water partition coefficient (Wildman–Crippen LogP) is 1.75. The fraction of sp³-hybridized carbons (Fsp3) is 0.750. The number of carbonyl (C=O) groups is 3. The number of hydrogen-bond donors (Lipinski definition) is 0. The molecule has 2 amide bonds. The van der Waals surface area contributed by atoms with Gasteiger partial charge in [0.05, 0.1) is 5.92 Å². The van der Waals surface area contributed by atoms with E-state index in [4.69, 9.17) is 4.74 Å². The third-order valence-corrected chi connectivity index (χ3v) is 2.63. The molecule has 17 heavy (non-hydrogen) atoms. The summed E-state index contributed by atoms with van der Waals surface area (Å²) in [5, 5.41) is 0. The van der Waals surface area contributed by atoms with Gasteiger partial charge in [-0.2, -0.15) is 0 Å². The molecule has 0 spiro atoms. The minimum atomic E-state index is -0.697. The van der Waals surface area contributed by atoms with Crippen molar-refractivity contribution in [3.63, 3.8) is 0 Å². The number of ether oxygens (including phenoxy) is 1. The molecule has 0 radical (unpaired) electrons. The van der Waals surface area contributed by atoms with Crippen LogP contribution in [0.5, 0.6) is 0 Å². The standard InChI is InChI=1S/C12H19NO4/c1-7-6-9(8(2)14)10(15)13(7)11(16)17-12(3,4)5/h7,9H,6H2,1-5H3. The Labute approximate surface area is 101 Å². The van der Waals surface area contributed by atoms with Crippen LogP contribution in [0.1, 0.15) is 41.0 Å². The first kappa shape index (κ1) is 13.7. The van der Waals surface area contributed by atoms with E-state index in [9.17, 15) is 14.4 Å². The molecule has 2 unspecified atom stereocenters. The van der Waals surface area contributed by atoms with Crippen LogP contribution in [-0.4, -0.2) is 34.3 Å². The highest BCUT2D eigenvalue weighted by molar-refractivity contribution is 6.07. The van der Waals surface area contributed by atoms with Crippen molar-refractivity contribution in [2.24, 2.45) is 5.92 Å². The molecule has 1 heterocycles. The third-order valence-electron chi connectivity index (χ3n) is 2.63. The van der Waals surface area contributed by atoms with Crippen LogP contribution in [0.25, 0.3) is 0 Å². The zero-order valence-corrected chi connectivity index (χ0v) is 10.9. The van der Waals surface area contributed by atoms with Gasteiger partial charge in [-0.25, -0.2) is 9.69 Å². The maximum absolute atomic E-state index is 11.9. The molecule has 1 saturated heterocycles. The quantitative estimate of drug-likeness (QED) is 0.656. The molecule has 0 aromatic carbocycles. The Bertz CT molecular complexity index is 356. The molecule has 1 aliphatic rings. The summed E-state index contributed by atoms with van der Waals surface area (Å²) >= 11 is 0. The molecule has 96 valence electrons. The summed E-state index contributed by atoms with van der Waals surface area (Å²) in [7, 11) is 0. The first-order chi connectivity index (χ1) is 7.63. The van der Waals surface area contributed by atoms with Crippen LogP contribution < -0.4 is 0 Å². The van der Waals surface area contributed by atoms with Crippen molar-refractivity contribution in [3.8, 4) is 0 Å². The number of ketones is 1. The fourth-order valence-corrected chi connectivity index (χ4v) is 1.85. The van der Waals surface area contributed by atoms with Crippen LogP contribution in [0.3, 0.4) is 0 Å². The number of likely N-dealkylation sites (tertiary alicyclic amines) is 1. The largest absolute Gasteiger partial charge is 0.443 e. The molecule has 0 N–H and O–H groups in total. The van der Waals surface area contributed by atoms with Gasteiger partial charge >= 0.3 is 6.09 Å². The molecule has 0 bridgehead atoms. The van der Waals surface area contributed by atoms with Gasteiger partial charge < -0.3 is 4.74 Å². The average molecular weight is 241 g/mol. The molecule has 0 aliphatic carbocycles. The van der Waals surface area contributed by atoms with Crippen LogP contribution in [0.15, 0.2) is 0 Å². The predicted molar refractivity (Wildman–Crippen MR) is 61.3 cm³/mol. The molecule has 1 fully saturated rings. The van der Waals surface area contributed by atoms with Crippen molar-refractivity contribution in [1.29, 1.82) is 0 Å². The summed E-state index contributed by atoms with van der Waals surface area (Å²) in [6, 6.07) is -0.286. The van der Waals surface area contributed by atoms with Crippen molar-refractivity contribution in [2.45, 2.75) is 52.7 Å². The van der Waals surface area contributed by atoms with Crippen LogP contribution in [0.4, 0.5) is 4.79 Å². The topological polar surface area (TPSA) is 63.7 Å². The lowest BCUT2D eigenvalue weighted by Gasteiger charge is -2.25. The Hall–Kier alpha value is -1.39. The molecule has 5 heteroatoms. The van der Waals surface area contributed by atoms with E-state index in [-0.39, 0.29) is 11.8 Å². The van der Waals surface area contributed by atoms with Crippen molar-refractivity contribution < 1.29 is 19.1 Å². The van der Waals surface area contributed by atoms with Gasteiger partial charge in [0.1, 0.15) is 11.4 Å². The number of Topliss-reactive ketones (excluding diaryl/α,β-unsaturated/α-hetero) is 1. The van der Waals surface area contributed by atoms with Crippen molar-refractivity contribution in [3.05, 3.63) is 0 Å². The van der Waals surface area contributed by atoms with E-state index in [2.05, 4.69) is 0 Å². The number of carbonyl (C=O) groups excluding carboxylic acids is 3. The monoisotopic (exact) mass is 241 g/mol. The summed E-state index contributed by atoms with van der Waals surface area (Å²) in [6.45, 7) is 8.31. The Kier molecular flexibility index (Phi) is 3.59. The molecule has 0 saturated carbocycles. The lowest BCUT2D eigenvalue weighted by Crippen LogP contribution is -2.42. The number of rotatable bonds is 1. The maximum atomic E-state index is 11.9. The van der Waals surface area contributed by atoms with E-state index >= 15 is 0 Å². The van der Waals surface area contributed by atoms with E-state index in [1.54, 1.807) is 27.7 Å². The SMILES string of the molecule is CC(=O)C1CC(C)N(C(=O)OC(C)(C)C)C1=O. The van der Waals surface area contributed by atoms with Gasteiger partial charge in [0, 0.05) is 6.04 Å². The van der Waals surface area contributed by atoms with E-state index in [1.807, 2.05) is 0 Å². The van der Waals surface area contributed by atoms with E-state index in [0.717, 1.165) is 4.90 Å². The highest BCUT2D eigenvalue weighted by atomic mass is 16.6. The van der Waals surface area contributed by atoms with E-state index in [0.29, 0.717) is 6.42 Å². The molecule has 5 nitrogen and oxygen atoms in total. The maximum Gasteiger partial charge on any atom is 0.417 e. The molecule has 0 aromatic rings. The summed E-state index contributed by atoms with van der Waals surface area (Å²) in [4.78, 5) is 36.0. The van der Waals surface area contributed by atoms with Crippen LogP contribution in [0, 0.1) is 5.92 Å². The zero-order chi connectivity index (χ0) is 13.4. The summed E-state index contributed by atoms with van der Waals surface area (Å²) in [5.41, 5.74) is -0.647. The minimum Gasteiger partial charge on any atom is -0.443 e. The average Bonchev–Trinajstić information content (AvgIpc) is 2.38. The Morgan fingerprint density at radius 1 is 1.35 bits per heavy atom. The number of imide groups is 1. The van der Waals surface area contributed by atoms with Crippen LogP contribution in [0.2, 0.25) is 0 Å². The molecular weight excluding hydrogens is 222 g/mol. The fourth-order valence-electron chi connectivity index (χ4n) is 1.85. The van der Waals surface area contributed by atoms with Crippen molar-refractivity contribution in [1.82, 2.24) is 4.90 Å². The lowest BCUT2D eigenvalue weighted by atomic mass is 10.0. The highest BCUT2D eigenvalue weighted by Gasteiger charge is 2.44. The van der Waals surface area contributed by atoms with Gasteiger partial charge in [-0.1, -0.05) is 0 Å². The Balaban J connectivity index is 2.82. The molecule has 1 aliphatic heterocycles. The number of nitrogens with zero attached hydrogens (tertiary/aromatic N) is 1.